The first-order valence-electron chi connectivity index (χ1n) is 8.98. The molecule has 0 bridgehead atoms. The van der Waals surface area contributed by atoms with Crippen molar-refractivity contribution < 1.29 is 9.53 Å². The van der Waals surface area contributed by atoms with Gasteiger partial charge in [-0.25, -0.2) is 4.68 Å². The predicted molar refractivity (Wildman–Crippen MR) is 95.8 cm³/mol. The van der Waals surface area contributed by atoms with E-state index in [0.717, 1.165) is 42.7 Å². The normalized spacial score (nSPS) is 21.5. The molecule has 1 N–H and O–H groups in total. The molecule has 5 heteroatoms. The number of rotatable bonds is 4. The van der Waals surface area contributed by atoms with Gasteiger partial charge in [-0.3, -0.25) is 4.79 Å². The molecule has 1 aromatic heterocycles. The number of fused-ring (bicyclic) bond motifs is 1. The summed E-state index contributed by atoms with van der Waals surface area (Å²) in [5.74, 6) is 1.26. The van der Waals surface area contributed by atoms with Crippen LogP contribution in [-0.2, 0) is 11.2 Å². The van der Waals surface area contributed by atoms with Crippen LogP contribution < -0.4 is 10.1 Å². The Labute approximate surface area is 148 Å². The minimum atomic E-state index is 0.0545. The van der Waals surface area contributed by atoms with E-state index in [-0.39, 0.29) is 23.3 Å². The molecule has 1 saturated carbocycles. The molecule has 1 fully saturated rings. The van der Waals surface area contributed by atoms with E-state index in [1.807, 2.05) is 35.1 Å². The first-order valence-corrected chi connectivity index (χ1v) is 8.98. The summed E-state index contributed by atoms with van der Waals surface area (Å²) in [6, 6.07) is 7.99. The number of carbonyl (C=O) groups is 1. The summed E-state index contributed by atoms with van der Waals surface area (Å²) in [7, 11) is 1.67. The SMILES string of the molecule is COc1ccc(-n2ncc3c2CC(C)(C)C[C@H]3NC(=O)C2CC2)cc1. The number of hydrogen-bond donors (Lipinski definition) is 1. The van der Waals surface area contributed by atoms with E-state index >= 15 is 0 Å². The Bertz CT molecular complexity index is 788. The van der Waals surface area contributed by atoms with Crippen molar-refractivity contribution in [2.24, 2.45) is 11.3 Å². The number of nitrogens with one attached hydrogen (secondary N) is 1. The first-order chi connectivity index (χ1) is 12.0. The highest BCUT2D eigenvalue weighted by molar-refractivity contribution is 5.81. The summed E-state index contributed by atoms with van der Waals surface area (Å²) in [6.45, 7) is 4.52. The Hall–Kier alpha value is -2.30. The van der Waals surface area contributed by atoms with Gasteiger partial charge in [0.05, 0.1) is 30.7 Å². The second-order valence-corrected chi connectivity index (χ2v) is 8.04. The lowest BCUT2D eigenvalue weighted by Crippen LogP contribution is -2.37. The lowest BCUT2D eigenvalue weighted by Gasteiger charge is -2.36. The number of aromatic nitrogens is 2. The second-order valence-electron chi connectivity index (χ2n) is 8.04. The van der Waals surface area contributed by atoms with Crippen LogP contribution in [0.15, 0.2) is 30.5 Å². The van der Waals surface area contributed by atoms with Gasteiger partial charge in [-0.2, -0.15) is 5.10 Å². The van der Waals surface area contributed by atoms with Crippen LogP contribution in [0.5, 0.6) is 5.75 Å². The molecule has 0 saturated heterocycles. The van der Waals surface area contributed by atoms with Crippen LogP contribution >= 0.6 is 0 Å². The quantitative estimate of drug-likeness (QED) is 0.928. The van der Waals surface area contributed by atoms with Crippen LogP contribution in [0, 0.1) is 11.3 Å². The van der Waals surface area contributed by atoms with Crippen molar-refractivity contribution in [1.82, 2.24) is 15.1 Å². The van der Waals surface area contributed by atoms with Crippen molar-refractivity contribution in [3.8, 4) is 11.4 Å². The Morgan fingerprint density at radius 2 is 2.00 bits per heavy atom. The summed E-state index contributed by atoms with van der Waals surface area (Å²) in [4.78, 5) is 12.3. The Morgan fingerprint density at radius 1 is 1.28 bits per heavy atom. The lowest BCUT2D eigenvalue weighted by molar-refractivity contribution is -0.123. The van der Waals surface area contributed by atoms with E-state index < -0.39 is 0 Å². The number of amides is 1. The molecule has 132 valence electrons. The molecule has 0 unspecified atom stereocenters. The third kappa shape index (κ3) is 3.15. The Balaban J connectivity index is 1.67. The third-order valence-electron chi connectivity index (χ3n) is 5.26. The van der Waals surface area contributed by atoms with E-state index in [9.17, 15) is 4.79 Å². The molecular formula is C20H25N3O2. The van der Waals surface area contributed by atoms with Gasteiger partial charge < -0.3 is 10.1 Å². The number of carbonyl (C=O) groups excluding carboxylic acids is 1. The maximum Gasteiger partial charge on any atom is 0.223 e. The molecule has 1 amide bonds. The lowest BCUT2D eigenvalue weighted by atomic mass is 9.74. The molecule has 5 nitrogen and oxygen atoms in total. The molecule has 1 aromatic carbocycles. The van der Waals surface area contributed by atoms with Crippen LogP contribution in [0.25, 0.3) is 5.69 Å². The Kier molecular flexibility index (Phi) is 3.82. The fourth-order valence-electron chi connectivity index (χ4n) is 3.75. The molecular weight excluding hydrogens is 314 g/mol. The van der Waals surface area contributed by atoms with E-state index in [2.05, 4.69) is 24.3 Å². The summed E-state index contributed by atoms with van der Waals surface area (Å²) in [6.07, 6.45) is 5.88. The average Bonchev–Trinajstić information content (AvgIpc) is 3.35. The van der Waals surface area contributed by atoms with Gasteiger partial charge in [-0.1, -0.05) is 13.8 Å². The number of hydrogen-bond acceptors (Lipinski definition) is 3. The maximum absolute atomic E-state index is 12.3. The van der Waals surface area contributed by atoms with Crippen molar-refractivity contribution in [3.05, 3.63) is 41.7 Å². The fourth-order valence-corrected chi connectivity index (χ4v) is 3.75. The van der Waals surface area contributed by atoms with Gasteiger partial charge in [0.2, 0.25) is 5.91 Å². The van der Waals surface area contributed by atoms with Gasteiger partial charge in [0.1, 0.15) is 5.75 Å². The zero-order valence-electron chi connectivity index (χ0n) is 15.1. The number of nitrogens with zero attached hydrogens (tertiary/aromatic N) is 2. The molecule has 1 atom stereocenters. The topological polar surface area (TPSA) is 56.1 Å². The highest BCUT2D eigenvalue weighted by Crippen LogP contribution is 2.42. The van der Waals surface area contributed by atoms with E-state index in [1.165, 1.54) is 5.69 Å². The number of methoxy groups -OCH3 is 1. The van der Waals surface area contributed by atoms with Gasteiger partial charge in [0.15, 0.2) is 0 Å². The molecule has 0 spiro atoms. The van der Waals surface area contributed by atoms with Crippen molar-refractivity contribution in [3.63, 3.8) is 0 Å². The van der Waals surface area contributed by atoms with Gasteiger partial charge in [0, 0.05) is 11.5 Å². The highest BCUT2D eigenvalue weighted by atomic mass is 16.5. The summed E-state index contributed by atoms with van der Waals surface area (Å²) in [5, 5.41) is 7.90. The van der Waals surface area contributed by atoms with E-state index in [4.69, 9.17) is 4.74 Å². The predicted octanol–water partition coefficient (Wildman–Crippen LogP) is 3.42. The minimum absolute atomic E-state index is 0.0545. The molecule has 2 aromatic rings. The van der Waals surface area contributed by atoms with Crippen LogP contribution in [-0.4, -0.2) is 22.8 Å². The van der Waals surface area contributed by atoms with Crippen LogP contribution in [0.3, 0.4) is 0 Å². The number of benzene rings is 1. The van der Waals surface area contributed by atoms with Gasteiger partial charge in [0.25, 0.3) is 0 Å². The van der Waals surface area contributed by atoms with Gasteiger partial charge in [-0.05, 0) is 55.4 Å². The smallest absolute Gasteiger partial charge is 0.223 e. The summed E-state index contributed by atoms with van der Waals surface area (Å²) < 4.78 is 7.25. The molecule has 4 rings (SSSR count). The molecule has 2 aliphatic rings. The zero-order chi connectivity index (χ0) is 17.6. The van der Waals surface area contributed by atoms with Crippen LogP contribution in [0.1, 0.15) is 50.4 Å². The number of ether oxygens (including phenoxy) is 1. The first kappa shape index (κ1) is 16.2. The average molecular weight is 339 g/mol. The third-order valence-corrected chi connectivity index (χ3v) is 5.26. The van der Waals surface area contributed by atoms with Crippen molar-refractivity contribution in [2.45, 2.75) is 45.6 Å². The second kappa shape index (κ2) is 5.90. The van der Waals surface area contributed by atoms with Crippen LogP contribution in [0.2, 0.25) is 0 Å². The Morgan fingerprint density at radius 3 is 2.64 bits per heavy atom. The van der Waals surface area contributed by atoms with E-state index in [1.54, 1.807) is 7.11 Å². The molecule has 0 aliphatic heterocycles. The molecule has 25 heavy (non-hydrogen) atoms. The maximum atomic E-state index is 12.3. The van der Waals surface area contributed by atoms with Gasteiger partial charge in [-0.15, -0.1) is 0 Å². The minimum Gasteiger partial charge on any atom is -0.497 e. The van der Waals surface area contributed by atoms with Crippen LogP contribution in [0.4, 0.5) is 0 Å². The molecule has 0 radical (unpaired) electrons. The van der Waals surface area contributed by atoms with E-state index in [0.29, 0.717) is 0 Å². The summed E-state index contributed by atoms with van der Waals surface area (Å²) in [5.41, 5.74) is 3.50. The largest absolute Gasteiger partial charge is 0.497 e. The standard InChI is InChI=1S/C20H25N3O2/c1-20(2)10-17(22-19(24)13-4-5-13)16-12-21-23(18(16)11-20)14-6-8-15(25-3)9-7-14/h6-9,12-13,17H,4-5,10-11H2,1-3H3,(H,22,24)/t17-/m1/s1. The molecule has 1 heterocycles. The summed E-state index contributed by atoms with van der Waals surface area (Å²) >= 11 is 0. The monoisotopic (exact) mass is 339 g/mol. The molecule has 2 aliphatic carbocycles. The fraction of sp³-hybridized carbons (Fsp3) is 0.500. The van der Waals surface area contributed by atoms with Crippen molar-refractivity contribution >= 4 is 5.91 Å². The van der Waals surface area contributed by atoms with Crippen molar-refractivity contribution in [1.29, 1.82) is 0 Å². The highest BCUT2D eigenvalue weighted by Gasteiger charge is 2.38. The van der Waals surface area contributed by atoms with Crippen molar-refractivity contribution in [2.75, 3.05) is 7.11 Å². The zero-order valence-corrected chi connectivity index (χ0v) is 15.1. The van der Waals surface area contributed by atoms with Gasteiger partial charge >= 0.3 is 0 Å².